The van der Waals surface area contributed by atoms with E-state index in [1.807, 2.05) is 51.1 Å². The zero-order valence-corrected chi connectivity index (χ0v) is 11.3. The Morgan fingerprint density at radius 2 is 1.94 bits per heavy atom. The molecule has 0 aliphatic rings. The van der Waals surface area contributed by atoms with E-state index in [1.165, 1.54) is 0 Å². The van der Waals surface area contributed by atoms with Crippen molar-refractivity contribution in [3.8, 4) is 0 Å². The number of para-hydroxylation sites is 1. The van der Waals surface area contributed by atoms with Gasteiger partial charge in [-0.25, -0.2) is 0 Å². The Morgan fingerprint density at radius 1 is 1.28 bits per heavy atom. The van der Waals surface area contributed by atoms with E-state index >= 15 is 0 Å². The number of anilines is 1. The molecule has 2 unspecified atom stereocenters. The van der Waals surface area contributed by atoms with Crippen LogP contribution in [0.2, 0.25) is 0 Å². The summed E-state index contributed by atoms with van der Waals surface area (Å²) in [5.41, 5.74) is 0.814. The molecule has 0 heterocycles. The predicted molar refractivity (Wildman–Crippen MR) is 73.6 cm³/mol. The van der Waals surface area contributed by atoms with E-state index in [9.17, 15) is 4.79 Å². The molecule has 4 heteroatoms. The fourth-order valence-corrected chi connectivity index (χ4v) is 1.62. The van der Waals surface area contributed by atoms with Gasteiger partial charge in [0.25, 0.3) is 0 Å². The van der Waals surface area contributed by atoms with Gasteiger partial charge in [0.2, 0.25) is 5.91 Å². The number of hydrogen-bond acceptors (Lipinski definition) is 3. The third kappa shape index (κ3) is 5.29. The molecule has 0 spiro atoms. The molecule has 1 rings (SSSR count). The van der Waals surface area contributed by atoms with Gasteiger partial charge in [-0.2, -0.15) is 0 Å². The fourth-order valence-electron chi connectivity index (χ4n) is 1.62. The number of hydrogen-bond donors (Lipinski definition) is 2. The predicted octanol–water partition coefficient (Wildman–Crippen LogP) is 2.03. The van der Waals surface area contributed by atoms with Gasteiger partial charge in [0.1, 0.15) is 0 Å². The van der Waals surface area contributed by atoms with Crippen molar-refractivity contribution in [1.29, 1.82) is 0 Å². The van der Waals surface area contributed by atoms with Crippen molar-refractivity contribution in [2.45, 2.75) is 32.9 Å². The topological polar surface area (TPSA) is 50.4 Å². The third-order valence-corrected chi connectivity index (χ3v) is 2.54. The molecule has 0 aliphatic carbocycles. The van der Waals surface area contributed by atoms with Crippen LogP contribution in [0.1, 0.15) is 20.8 Å². The highest BCUT2D eigenvalue weighted by molar-refractivity contribution is 5.94. The maximum Gasteiger partial charge on any atom is 0.241 e. The first-order valence-corrected chi connectivity index (χ1v) is 6.33. The second-order valence-corrected chi connectivity index (χ2v) is 4.30. The first-order valence-electron chi connectivity index (χ1n) is 6.33. The Hall–Kier alpha value is -1.39. The molecule has 1 aromatic carbocycles. The minimum Gasteiger partial charge on any atom is -0.380 e. The molecule has 18 heavy (non-hydrogen) atoms. The molecular formula is C14H22N2O2. The SMILES string of the molecule is CCOCC(C)NC(C)C(=O)Nc1ccccc1. The molecule has 0 radical (unpaired) electrons. The lowest BCUT2D eigenvalue weighted by Gasteiger charge is -2.19. The van der Waals surface area contributed by atoms with Crippen LogP contribution in [0.4, 0.5) is 5.69 Å². The molecule has 0 aromatic heterocycles. The summed E-state index contributed by atoms with van der Waals surface area (Å²) in [5, 5.41) is 6.06. The Bertz CT molecular complexity index is 354. The highest BCUT2D eigenvalue weighted by Gasteiger charge is 2.15. The summed E-state index contributed by atoms with van der Waals surface area (Å²) in [6, 6.07) is 9.35. The van der Waals surface area contributed by atoms with Gasteiger partial charge in [-0.15, -0.1) is 0 Å². The first kappa shape index (κ1) is 14.7. The van der Waals surface area contributed by atoms with Crippen LogP contribution in [0.15, 0.2) is 30.3 Å². The summed E-state index contributed by atoms with van der Waals surface area (Å²) >= 11 is 0. The Balaban J connectivity index is 2.37. The van der Waals surface area contributed by atoms with Gasteiger partial charge in [0.05, 0.1) is 12.6 Å². The third-order valence-electron chi connectivity index (χ3n) is 2.54. The smallest absolute Gasteiger partial charge is 0.241 e. The van der Waals surface area contributed by atoms with E-state index in [-0.39, 0.29) is 18.0 Å². The van der Waals surface area contributed by atoms with Crippen LogP contribution in [0.25, 0.3) is 0 Å². The quantitative estimate of drug-likeness (QED) is 0.778. The number of nitrogens with one attached hydrogen (secondary N) is 2. The summed E-state index contributed by atoms with van der Waals surface area (Å²) < 4.78 is 5.30. The van der Waals surface area contributed by atoms with E-state index in [4.69, 9.17) is 4.74 Å². The summed E-state index contributed by atoms with van der Waals surface area (Å²) in [7, 11) is 0. The Labute approximate surface area is 109 Å². The van der Waals surface area contributed by atoms with Gasteiger partial charge in [0, 0.05) is 18.3 Å². The lowest BCUT2D eigenvalue weighted by molar-refractivity contribution is -0.118. The summed E-state index contributed by atoms with van der Waals surface area (Å²) in [4.78, 5) is 11.9. The molecular weight excluding hydrogens is 228 g/mol. The molecule has 2 atom stereocenters. The van der Waals surface area contributed by atoms with Crippen molar-refractivity contribution in [2.75, 3.05) is 18.5 Å². The lowest BCUT2D eigenvalue weighted by Crippen LogP contribution is -2.44. The van der Waals surface area contributed by atoms with E-state index in [0.717, 1.165) is 5.69 Å². The normalized spacial score (nSPS) is 13.9. The van der Waals surface area contributed by atoms with Crippen molar-refractivity contribution in [3.05, 3.63) is 30.3 Å². The van der Waals surface area contributed by atoms with Crippen LogP contribution in [0.3, 0.4) is 0 Å². The van der Waals surface area contributed by atoms with Gasteiger partial charge < -0.3 is 15.4 Å². The molecule has 1 amide bonds. The zero-order valence-electron chi connectivity index (χ0n) is 11.3. The van der Waals surface area contributed by atoms with Crippen LogP contribution >= 0.6 is 0 Å². The van der Waals surface area contributed by atoms with E-state index < -0.39 is 0 Å². The van der Waals surface area contributed by atoms with Crippen LogP contribution in [0.5, 0.6) is 0 Å². The number of amides is 1. The van der Waals surface area contributed by atoms with Gasteiger partial charge in [-0.05, 0) is 32.9 Å². The Kier molecular flexibility index (Phi) is 6.39. The number of carbonyl (C=O) groups is 1. The molecule has 1 aromatic rings. The second kappa shape index (κ2) is 7.84. The van der Waals surface area contributed by atoms with Crippen LogP contribution in [0, 0.1) is 0 Å². The standard InChI is InChI=1S/C14H22N2O2/c1-4-18-10-11(2)15-12(3)14(17)16-13-8-6-5-7-9-13/h5-9,11-12,15H,4,10H2,1-3H3,(H,16,17). The number of rotatable bonds is 7. The van der Waals surface area contributed by atoms with Crippen LogP contribution < -0.4 is 10.6 Å². The summed E-state index contributed by atoms with van der Waals surface area (Å²) in [5.74, 6) is -0.0375. The van der Waals surface area contributed by atoms with Gasteiger partial charge >= 0.3 is 0 Å². The first-order chi connectivity index (χ1) is 8.63. The van der Waals surface area contributed by atoms with Crippen molar-refractivity contribution < 1.29 is 9.53 Å². The number of ether oxygens (including phenoxy) is 1. The number of carbonyl (C=O) groups excluding carboxylic acids is 1. The summed E-state index contributed by atoms with van der Waals surface area (Å²) in [6.45, 7) is 7.11. The number of benzene rings is 1. The lowest BCUT2D eigenvalue weighted by atomic mass is 10.2. The molecule has 4 nitrogen and oxygen atoms in total. The van der Waals surface area contributed by atoms with Gasteiger partial charge in [0.15, 0.2) is 0 Å². The average molecular weight is 250 g/mol. The van der Waals surface area contributed by atoms with E-state index in [0.29, 0.717) is 13.2 Å². The summed E-state index contributed by atoms with van der Waals surface area (Å²) in [6.07, 6.45) is 0. The molecule has 0 aliphatic heterocycles. The maximum atomic E-state index is 11.9. The highest BCUT2D eigenvalue weighted by atomic mass is 16.5. The van der Waals surface area contributed by atoms with Gasteiger partial charge in [-0.3, -0.25) is 4.79 Å². The fraction of sp³-hybridized carbons (Fsp3) is 0.500. The van der Waals surface area contributed by atoms with Gasteiger partial charge in [-0.1, -0.05) is 18.2 Å². The van der Waals surface area contributed by atoms with Crippen molar-refractivity contribution in [2.24, 2.45) is 0 Å². The minimum atomic E-state index is -0.249. The van der Waals surface area contributed by atoms with E-state index in [2.05, 4.69) is 10.6 Å². The monoisotopic (exact) mass is 250 g/mol. The zero-order chi connectivity index (χ0) is 13.4. The Morgan fingerprint density at radius 3 is 2.56 bits per heavy atom. The molecule has 0 bridgehead atoms. The van der Waals surface area contributed by atoms with Crippen molar-refractivity contribution >= 4 is 11.6 Å². The molecule has 0 saturated heterocycles. The van der Waals surface area contributed by atoms with Crippen molar-refractivity contribution in [1.82, 2.24) is 5.32 Å². The minimum absolute atomic E-state index is 0.0375. The van der Waals surface area contributed by atoms with Crippen LogP contribution in [-0.2, 0) is 9.53 Å². The molecule has 100 valence electrons. The van der Waals surface area contributed by atoms with E-state index in [1.54, 1.807) is 0 Å². The largest absolute Gasteiger partial charge is 0.380 e. The second-order valence-electron chi connectivity index (χ2n) is 4.30. The highest BCUT2D eigenvalue weighted by Crippen LogP contribution is 2.05. The average Bonchev–Trinajstić information content (AvgIpc) is 2.37. The van der Waals surface area contributed by atoms with Crippen LogP contribution in [-0.4, -0.2) is 31.2 Å². The molecule has 0 fully saturated rings. The molecule has 2 N–H and O–H groups in total. The van der Waals surface area contributed by atoms with Crippen molar-refractivity contribution in [3.63, 3.8) is 0 Å². The molecule has 0 saturated carbocycles. The maximum absolute atomic E-state index is 11.9.